The van der Waals surface area contributed by atoms with Gasteiger partial charge in [0, 0.05) is 49.5 Å². The van der Waals surface area contributed by atoms with Gasteiger partial charge in [-0.15, -0.1) is 0 Å². The molecule has 2 atom stereocenters. The smallest absolute Gasteiger partial charge is 0.259 e. The van der Waals surface area contributed by atoms with Crippen molar-refractivity contribution in [2.75, 3.05) is 24.4 Å². The summed E-state index contributed by atoms with van der Waals surface area (Å²) < 4.78 is 49.6. The Balaban J connectivity index is 1.52. The maximum absolute atomic E-state index is 13.7. The van der Waals surface area contributed by atoms with E-state index in [1.54, 1.807) is 24.3 Å². The minimum atomic E-state index is -2.19. The highest BCUT2D eigenvalue weighted by Gasteiger charge is 2.31. The minimum absolute atomic E-state index is 0.131. The van der Waals surface area contributed by atoms with Crippen molar-refractivity contribution in [1.29, 1.82) is 0 Å². The first-order chi connectivity index (χ1) is 16.4. The molecule has 2 unspecified atom stereocenters. The van der Waals surface area contributed by atoms with Crippen LogP contribution in [-0.4, -0.2) is 50.1 Å². The van der Waals surface area contributed by atoms with Gasteiger partial charge in [0.05, 0.1) is 0 Å². The van der Waals surface area contributed by atoms with Gasteiger partial charge in [0.1, 0.15) is 11.6 Å². The van der Waals surface area contributed by atoms with Crippen molar-refractivity contribution < 1.29 is 22.3 Å². The van der Waals surface area contributed by atoms with Crippen molar-refractivity contribution >= 4 is 22.9 Å². The normalized spacial score (nSPS) is 17.4. The molecule has 0 spiro atoms. The summed E-state index contributed by atoms with van der Waals surface area (Å²) in [6, 6.07) is 19.7. The molecule has 1 fully saturated rings. The Morgan fingerprint density at radius 1 is 0.971 bits per heavy atom. The highest BCUT2D eigenvalue weighted by atomic mass is 32.2. The van der Waals surface area contributed by atoms with Crippen LogP contribution in [0.1, 0.15) is 21.5 Å². The van der Waals surface area contributed by atoms with Crippen LogP contribution in [0.2, 0.25) is 0 Å². The number of carbonyl (C=O) groups excluding carboxylic acids is 1. The summed E-state index contributed by atoms with van der Waals surface area (Å²) in [6.07, 6.45) is 0.643. The highest BCUT2D eigenvalue weighted by molar-refractivity contribution is 7.80. The molecule has 34 heavy (non-hydrogen) atoms. The van der Waals surface area contributed by atoms with Gasteiger partial charge in [-0.25, -0.2) is 13.0 Å². The van der Waals surface area contributed by atoms with Crippen LogP contribution in [0.4, 0.5) is 14.5 Å². The van der Waals surface area contributed by atoms with Crippen LogP contribution in [0.3, 0.4) is 0 Å². The van der Waals surface area contributed by atoms with Gasteiger partial charge in [-0.05, 0) is 53.9 Å². The maximum Gasteiger partial charge on any atom is 0.259 e. The summed E-state index contributed by atoms with van der Waals surface area (Å²) in [5.74, 6) is -1.34. The largest absolute Gasteiger partial charge is 0.333 e. The SMILES string of the molecule is O=C(c1ccc(NS(=O)O)cc1)N1CCN(Cc2cc(F)cc(F)c2)CC1Cc1ccccc1. The predicted octanol–water partition coefficient (Wildman–Crippen LogP) is 4.08. The Labute approximate surface area is 199 Å². The van der Waals surface area contributed by atoms with E-state index >= 15 is 0 Å². The third-order valence-corrected chi connectivity index (χ3v) is 6.22. The summed E-state index contributed by atoms with van der Waals surface area (Å²) in [5.41, 5.74) is 2.56. The second kappa shape index (κ2) is 10.9. The number of nitrogens with one attached hydrogen (secondary N) is 1. The zero-order valence-electron chi connectivity index (χ0n) is 18.4. The number of hydrogen-bond acceptors (Lipinski definition) is 3. The van der Waals surface area contributed by atoms with E-state index in [-0.39, 0.29) is 11.9 Å². The first-order valence-electron chi connectivity index (χ1n) is 10.9. The third kappa shape index (κ3) is 6.25. The molecule has 0 bridgehead atoms. The summed E-state index contributed by atoms with van der Waals surface area (Å²) >= 11 is -2.19. The number of benzene rings is 3. The summed E-state index contributed by atoms with van der Waals surface area (Å²) in [6.45, 7) is 1.98. The summed E-state index contributed by atoms with van der Waals surface area (Å²) in [7, 11) is 0. The van der Waals surface area contributed by atoms with Crippen LogP contribution in [-0.2, 0) is 24.2 Å². The van der Waals surface area contributed by atoms with Gasteiger partial charge in [-0.2, -0.15) is 0 Å². The Morgan fingerprint density at radius 2 is 1.65 bits per heavy atom. The van der Waals surface area contributed by atoms with E-state index in [2.05, 4.69) is 9.62 Å². The van der Waals surface area contributed by atoms with E-state index < -0.39 is 22.9 Å². The van der Waals surface area contributed by atoms with Crippen molar-refractivity contribution in [2.45, 2.75) is 19.0 Å². The molecule has 1 heterocycles. The van der Waals surface area contributed by atoms with Crippen LogP contribution < -0.4 is 4.72 Å². The van der Waals surface area contributed by atoms with E-state index in [1.807, 2.05) is 35.2 Å². The molecule has 1 amide bonds. The molecule has 3 aromatic rings. The zero-order chi connectivity index (χ0) is 24.1. The monoisotopic (exact) mass is 485 g/mol. The van der Waals surface area contributed by atoms with Crippen LogP contribution in [0.5, 0.6) is 0 Å². The average Bonchev–Trinajstić information content (AvgIpc) is 2.79. The van der Waals surface area contributed by atoms with Gasteiger partial charge in [-0.3, -0.25) is 19.0 Å². The minimum Gasteiger partial charge on any atom is -0.333 e. The van der Waals surface area contributed by atoms with Crippen LogP contribution in [0.15, 0.2) is 72.8 Å². The fourth-order valence-corrected chi connectivity index (χ4v) is 4.64. The van der Waals surface area contributed by atoms with Gasteiger partial charge in [-0.1, -0.05) is 30.3 Å². The number of carbonyl (C=O) groups is 1. The van der Waals surface area contributed by atoms with Gasteiger partial charge in [0.25, 0.3) is 17.2 Å². The Bertz CT molecular complexity index is 1140. The van der Waals surface area contributed by atoms with Crippen LogP contribution >= 0.6 is 0 Å². The number of anilines is 1. The Kier molecular flexibility index (Phi) is 7.66. The summed E-state index contributed by atoms with van der Waals surface area (Å²) in [5, 5.41) is 0. The lowest BCUT2D eigenvalue weighted by Gasteiger charge is -2.42. The topological polar surface area (TPSA) is 72.9 Å². The van der Waals surface area contributed by atoms with Gasteiger partial charge < -0.3 is 4.90 Å². The number of nitrogens with zero attached hydrogens (tertiary/aromatic N) is 2. The quantitative estimate of drug-likeness (QED) is 0.495. The molecule has 9 heteroatoms. The Hall–Kier alpha value is -3.14. The van der Waals surface area contributed by atoms with Gasteiger partial charge in [0.2, 0.25) is 0 Å². The molecule has 0 aromatic heterocycles. The molecule has 1 aliphatic heterocycles. The van der Waals surface area contributed by atoms with E-state index in [0.29, 0.717) is 49.4 Å². The van der Waals surface area contributed by atoms with Crippen molar-refractivity contribution in [2.24, 2.45) is 0 Å². The first-order valence-corrected chi connectivity index (χ1v) is 12.0. The van der Waals surface area contributed by atoms with E-state index in [0.717, 1.165) is 11.6 Å². The Morgan fingerprint density at radius 3 is 2.29 bits per heavy atom. The maximum atomic E-state index is 13.7. The molecule has 1 saturated heterocycles. The molecular formula is C25H25F2N3O3S. The van der Waals surface area contributed by atoms with E-state index in [4.69, 9.17) is 4.55 Å². The van der Waals surface area contributed by atoms with Gasteiger partial charge >= 0.3 is 0 Å². The number of hydrogen-bond donors (Lipinski definition) is 2. The van der Waals surface area contributed by atoms with Crippen molar-refractivity contribution in [1.82, 2.24) is 9.80 Å². The van der Waals surface area contributed by atoms with E-state index in [1.165, 1.54) is 12.1 Å². The molecule has 3 aromatic carbocycles. The molecule has 0 radical (unpaired) electrons. The van der Waals surface area contributed by atoms with Crippen molar-refractivity contribution in [3.63, 3.8) is 0 Å². The number of piperazine rings is 1. The molecule has 4 rings (SSSR count). The lowest BCUT2D eigenvalue weighted by Crippen LogP contribution is -2.55. The van der Waals surface area contributed by atoms with E-state index in [9.17, 15) is 17.8 Å². The lowest BCUT2D eigenvalue weighted by atomic mass is 10.00. The second-order valence-electron chi connectivity index (χ2n) is 8.28. The van der Waals surface area contributed by atoms with Crippen molar-refractivity contribution in [3.8, 4) is 0 Å². The second-order valence-corrected chi connectivity index (χ2v) is 8.99. The predicted molar refractivity (Wildman–Crippen MR) is 127 cm³/mol. The lowest BCUT2D eigenvalue weighted by molar-refractivity contribution is 0.0438. The average molecular weight is 486 g/mol. The molecular weight excluding hydrogens is 460 g/mol. The highest BCUT2D eigenvalue weighted by Crippen LogP contribution is 2.21. The van der Waals surface area contributed by atoms with Crippen LogP contribution in [0, 0.1) is 11.6 Å². The zero-order valence-corrected chi connectivity index (χ0v) is 19.2. The molecule has 0 aliphatic carbocycles. The fourth-order valence-electron chi connectivity index (χ4n) is 4.30. The molecule has 1 aliphatic rings. The molecule has 178 valence electrons. The van der Waals surface area contributed by atoms with Crippen LogP contribution in [0.25, 0.3) is 0 Å². The summed E-state index contributed by atoms with van der Waals surface area (Å²) in [4.78, 5) is 17.3. The third-order valence-electron chi connectivity index (χ3n) is 5.81. The first kappa shape index (κ1) is 24.0. The number of rotatable bonds is 7. The number of halogens is 2. The van der Waals surface area contributed by atoms with Crippen molar-refractivity contribution in [3.05, 3.63) is 101 Å². The fraction of sp³-hybridized carbons (Fsp3) is 0.240. The number of amides is 1. The molecule has 2 N–H and O–H groups in total. The molecule has 0 saturated carbocycles. The molecule has 6 nitrogen and oxygen atoms in total. The van der Waals surface area contributed by atoms with Gasteiger partial charge in [0.15, 0.2) is 0 Å². The standard InChI is InChI=1S/C25H25F2N3O3S/c26-21-12-19(13-22(27)15-21)16-29-10-11-30(24(17-29)14-18-4-2-1-3-5-18)25(31)20-6-8-23(9-7-20)28-34(32)33/h1-9,12-13,15,24,28H,10-11,14,16-17H2,(H,32,33).